The van der Waals surface area contributed by atoms with Gasteiger partial charge in [-0.15, -0.1) is 0 Å². The average Bonchev–Trinajstić information content (AvgIpc) is 2.54. The van der Waals surface area contributed by atoms with Crippen molar-refractivity contribution in [1.29, 1.82) is 0 Å². The number of phenolic OH excluding ortho intramolecular Hbond substituents is 1. The molecule has 116 valence electrons. The van der Waals surface area contributed by atoms with Gasteiger partial charge in [-0.3, -0.25) is 0 Å². The lowest BCUT2D eigenvalue weighted by atomic mass is 10.2. The van der Waals surface area contributed by atoms with E-state index in [1.54, 1.807) is 18.2 Å². The maximum atomic E-state index is 9.73. The van der Waals surface area contributed by atoms with Crippen molar-refractivity contribution in [1.82, 2.24) is 0 Å². The van der Waals surface area contributed by atoms with Crippen molar-refractivity contribution < 1.29 is 14.6 Å². The Bertz CT molecular complexity index is 790. The van der Waals surface area contributed by atoms with Crippen LogP contribution in [0.3, 0.4) is 0 Å². The SMILES string of the molecule is Cc1ccc(Oc2ccc(O)cc2Oc2ccc(C)cc2)cc1. The summed E-state index contributed by atoms with van der Waals surface area (Å²) < 4.78 is 11.7. The lowest BCUT2D eigenvalue weighted by Gasteiger charge is -2.13. The largest absolute Gasteiger partial charge is 0.508 e. The van der Waals surface area contributed by atoms with Gasteiger partial charge in [0, 0.05) is 6.07 Å². The average molecular weight is 306 g/mol. The van der Waals surface area contributed by atoms with E-state index < -0.39 is 0 Å². The molecule has 0 saturated carbocycles. The standard InChI is InChI=1S/C20H18O3/c1-14-3-8-17(9-4-14)22-19-12-7-16(21)13-20(19)23-18-10-5-15(2)6-11-18/h3-13,21H,1-2H3. The number of hydrogen-bond acceptors (Lipinski definition) is 3. The highest BCUT2D eigenvalue weighted by molar-refractivity contribution is 5.49. The maximum Gasteiger partial charge on any atom is 0.173 e. The van der Waals surface area contributed by atoms with Gasteiger partial charge in [0.2, 0.25) is 0 Å². The lowest BCUT2D eigenvalue weighted by Crippen LogP contribution is -1.90. The van der Waals surface area contributed by atoms with Crippen molar-refractivity contribution >= 4 is 0 Å². The second-order valence-corrected chi connectivity index (χ2v) is 5.46. The highest BCUT2D eigenvalue weighted by atomic mass is 16.5. The molecule has 0 fully saturated rings. The molecule has 3 heteroatoms. The zero-order chi connectivity index (χ0) is 16.2. The molecule has 0 amide bonds. The maximum absolute atomic E-state index is 9.73. The number of aromatic hydroxyl groups is 1. The van der Waals surface area contributed by atoms with Crippen LogP contribution in [-0.4, -0.2) is 5.11 Å². The Hall–Kier alpha value is -2.94. The van der Waals surface area contributed by atoms with Crippen LogP contribution in [0.5, 0.6) is 28.7 Å². The summed E-state index contributed by atoms with van der Waals surface area (Å²) >= 11 is 0. The quantitative estimate of drug-likeness (QED) is 0.682. The van der Waals surface area contributed by atoms with Gasteiger partial charge in [0.05, 0.1) is 0 Å². The summed E-state index contributed by atoms with van der Waals surface area (Å²) in [4.78, 5) is 0. The topological polar surface area (TPSA) is 38.7 Å². The molecule has 23 heavy (non-hydrogen) atoms. The van der Waals surface area contributed by atoms with Crippen molar-refractivity contribution in [3.8, 4) is 28.7 Å². The van der Waals surface area contributed by atoms with Gasteiger partial charge in [0.15, 0.2) is 11.5 Å². The number of rotatable bonds is 4. The molecule has 0 aromatic heterocycles. The molecule has 0 atom stereocenters. The molecular formula is C20H18O3. The van der Waals surface area contributed by atoms with Crippen LogP contribution in [0.2, 0.25) is 0 Å². The number of phenols is 1. The fourth-order valence-electron chi connectivity index (χ4n) is 2.13. The van der Waals surface area contributed by atoms with Gasteiger partial charge in [-0.1, -0.05) is 35.4 Å². The zero-order valence-electron chi connectivity index (χ0n) is 13.1. The molecule has 0 bridgehead atoms. The van der Waals surface area contributed by atoms with Gasteiger partial charge in [0.1, 0.15) is 17.2 Å². The van der Waals surface area contributed by atoms with E-state index in [0.29, 0.717) is 17.2 Å². The van der Waals surface area contributed by atoms with E-state index in [4.69, 9.17) is 9.47 Å². The summed E-state index contributed by atoms with van der Waals surface area (Å²) in [7, 11) is 0. The van der Waals surface area contributed by atoms with Crippen LogP contribution in [0.15, 0.2) is 66.7 Å². The van der Waals surface area contributed by atoms with E-state index in [1.807, 2.05) is 62.4 Å². The molecule has 0 saturated heterocycles. The first-order valence-electron chi connectivity index (χ1n) is 7.42. The second kappa shape index (κ2) is 6.44. The predicted octanol–water partition coefficient (Wildman–Crippen LogP) is 5.59. The summed E-state index contributed by atoms with van der Waals surface area (Å²) in [5.74, 6) is 2.55. The van der Waals surface area contributed by atoms with Crippen molar-refractivity contribution in [3.63, 3.8) is 0 Å². The second-order valence-electron chi connectivity index (χ2n) is 5.46. The molecule has 1 N–H and O–H groups in total. The highest BCUT2D eigenvalue weighted by Crippen LogP contribution is 2.37. The summed E-state index contributed by atoms with van der Waals surface area (Å²) in [5, 5.41) is 9.73. The lowest BCUT2D eigenvalue weighted by molar-refractivity contribution is 0.410. The number of ether oxygens (including phenoxy) is 2. The van der Waals surface area contributed by atoms with Crippen LogP contribution in [0, 0.1) is 13.8 Å². The molecule has 0 heterocycles. The minimum Gasteiger partial charge on any atom is -0.508 e. The van der Waals surface area contributed by atoms with Gasteiger partial charge in [0.25, 0.3) is 0 Å². The number of benzene rings is 3. The van der Waals surface area contributed by atoms with Gasteiger partial charge >= 0.3 is 0 Å². The molecule has 0 aliphatic heterocycles. The van der Waals surface area contributed by atoms with E-state index in [-0.39, 0.29) is 5.75 Å². The van der Waals surface area contributed by atoms with E-state index in [9.17, 15) is 5.11 Å². The van der Waals surface area contributed by atoms with Crippen LogP contribution < -0.4 is 9.47 Å². The van der Waals surface area contributed by atoms with Gasteiger partial charge in [-0.25, -0.2) is 0 Å². The van der Waals surface area contributed by atoms with Crippen LogP contribution in [-0.2, 0) is 0 Å². The highest BCUT2D eigenvalue weighted by Gasteiger charge is 2.09. The molecule has 3 aromatic carbocycles. The molecular weight excluding hydrogens is 288 g/mol. The van der Waals surface area contributed by atoms with E-state index in [1.165, 1.54) is 5.56 Å². The molecule has 0 radical (unpaired) electrons. The number of hydrogen-bond donors (Lipinski definition) is 1. The van der Waals surface area contributed by atoms with Crippen LogP contribution in [0.25, 0.3) is 0 Å². The van der Waals surface area contributed by atoms with E-state index in [2.05, 4.69) is 0 Å². The minimum absolute atomic E-state index is 0.128. The monoisotopic (exact) mass is 306 g/mol. The summed E-state index contributed by atoms with van der Waals surface area (Å²) in [6.07, 6.45) is 0. The smallest absolute Gasteiger partial charge is 0.173 e. The Morgan fingerprint density at radius 1 is 0.609 bits per heavy atom. The Morgan fingerprint density at radius 3 is 1.61 bits per heavy atom. The summed E-state index contributed by atoms with van der Waals surface area (Å²) in [5.41, 5.74) is 2.32. The zero-order valence-corrected chi connectivity index (χ0v) is 13.1. The predicted molar refractivity (Wildman–Crippen MR) is 90.6 cm³/mol. The van der Waals surface area contributed by atoms with E-state index in [0.717, 1.165) is 11.3 Å². The molecule has 0 unspecified atom stereocenters. The number of aryl methyl sites for hydroxylation is 2. The Labute approximate surface area is 135 Å². The fourth-order valence-corrected chi connectivity index (χ4v) is 2.13. The first kappa shape index (κ1) is 15.0. The molecule has 0 aliphatic rings. The minimum atomic E-state index is 0.128. The molecule has 0 spiro atoms. The Morgan fingerprint density at radius 2 is 1.09 bits per heavy atom. The summed E-state index contributed by atoms with van der Waals surface area (Å²) in [6.45, 7) is 4.04. The van der Waals surface area contributed by atoms with Crippen molar-refractivity contribution in [2.75, 3.05) is 0 Å². The van der Waals surface area contributed by atoms with Crippen LogP contribution in [0.1, 0.15) is 11.1 Å². The molecule has 3 aromatic rings. The van der Waals surface area contributed by atoms with Crippen molar-refractivity contribution in [2.24, 2.45) is 0 Å². The third-order valence-electron chi connectivity index (χ3n) is 3.42. The molecule has 3 rings (SSSR count). The third kappa shape index (κ3) is 3.83. The third-order valence-corrected chi connectivity index (χ3v) is 3.42. The van der Waals surface area contributed by atoms with Crippen molar-refractivity contribution in [3.05, 3.63) is 77.9 Å². The first-order valence-corrected chi connectivity index (χ1v) is 7.42. The van der Waals surface area contributed by atoms with Gasteiger partial charge in [-0.05, 0) is 50.2 Å². The molecule has 0 aliphatic carbocycles. The first-order chi connectivity index (χ1) is 11.1. The summed E-state index contributed by atoms with van der Waals surface area (Å²) in [6, 6.07) is 20.3. The van der Waals surface area contributed by atoms with Gasteiger partial charge < -0.3 is 14.6 Å². The van der Waals surface area contributed by atoms with Gasteiger partial charge in [-0.2, -0.15) is 0 Å². The fraction of sp³-hybridized carbons (Fsp3) is 0.100. The Balaban J connectivity index is 1.88. The molecule has 3 nitrogen and oxygen atoms in total. The Kier molecular flexibility index (Phi) is 4.20. The van der Waals surface area contributed by atoms with E-state index >= 15 is 0 Å². The normalized spacial score (nSPS) is 10.3. The van der Waals surface area contributed by atoms with Crippen molar-refractivity contribution in [2.45, 2.75) is 13.8 Å². The van der Waals surface area contributed by atoms with Crippen LogP contribution >= 0.6 is 0 Å². The van der Waals surface area contributed by atoms with Crippen LogP contribution in [0.4, 0.5) is 0 Å².